The molecule has 2 aliphatic carbocycles. The number of hydrogen-bond acceptors (Lipinski definition) is 8. The van der Waals surface area contributed by atoms with E-state index in [0.29, 0.717) is 22.8 Å². The van der Waals surface area contributed by atoms with Gasteiger partial charge in [-0.05, 0) is 69.1 Å². The molecule has 3 aromatic rings. The summed E-state index contributed by atoms with van der Waals surface area (Å²) in [5.41, 5.74) is 3.06. The first-order chi connectivity index (χ1) is 17.9. The molecule has 0 radical (unpaired) electrons. The first-order valence-electron chi connectivity index (χ1n) is 13.1. The molecule has 1 fully saturated rings. The van der Waals surface area contributed by atoms with E-state index in [1.165, 1.54) is 30.2 Å². The van der Waals surface area contributed by atoms with Crippen LogP contribution in [0.15, 0.2) is 33.5 Å². The fourth-order valence-corrected chi connectivity index (χ4v) is 5.51. The second-order valence-corrected chi connectivity index (χ2v) is 10.3. The van der Waals surface area contributed by atoms with Gasteiger partial charge >= 0.3 is 5.63 Å². The van der Waals surface area contributed by atoms with E-state index in [1.807, 2.05) is 20.2 Å². The second-order valence-electron chi connectivity index (χ2n) is 10.3. The number of fused-ring (bicyclic) bond motifs is 2. The zero-order valence-corrected chi connectivity index (χ0v) is 21.8. The molecule has 1 saturated carbocycles. The lowest BCUT2D eigenvalue weighted by molar-refractivity contribution is -0.121. The SMILES string of the molecule is COc1ccc2c(CC(=O)N[C@H]3CC[C@@H](Nc4nc5c(c(N(C)C)n4)CCCC5)CC3)cc(=O)oc2c1. The van der Waals surface area contributed by atoms with E-state index < -0.39 is 5.63 Å². The van der Waals surface area contributed by atoms with Crippen molar-refractivity contribution in [1.82, 2.24) is 15.3 Å². The quantitative estimate of drug-likeness (QED) is 0.469. The lowest BCUT2D eigenvalue weighted by Gasteiger charge is -2.30. The highest BCUT2D eigenvalue weighted by molar-refractivity contribution is 5.87. The van der Waals surface area contributed by atoms with Crippen LogP contribution in [0, 0.1) is 0 Å². The number of aryl methyl sites for hydroxylation is 1. The average Bonchev–Trinajstić information content (AvgIpc) is 2.88. The van der Waals surface area contributed by atoms with E-state index >= 15 is 0 Å². The summed E-state index contributed by atoms with van der Waals surface area (Å²) in [5.74, 6) is 2.24. The molecule has 2 aliphatic rings. The predicted molar refractivity (Wildman–Crippen MR) is 144 cm³/mol. The summed E-state index contributed by atoms with van der Waals surface area (Å²) in [4.78, 5) is 36.7. The molecular formula is C28H35N5O4. The molecule has 5 rings (SSSR count). The topological polar surface area (TPSA) is 110 Å². The van der Waals surface area contributed by atoms with Crippen molar-refractivity contribution in [2.75, 3.05) is 31.4 Å². The van der Waals surface area contributed by atoms with Gasteiger partial charge in [-0.15, -0.1) is 0 Å². The third kappa shape index (κ3) is 5.70. The number of anilines is 2. The van der Waals surface area contributed by atoms with Gasteiger partial charge in [-0.25, -0.2) is 9.78 Å². The molecule has 0 saturated heterocycles. The Balaban J connectivity index is 1.18. The molecule has 2 aromatic heterocycles. The molecule has 0 aliphatic heterocycles. The van der Waals surface area contributed by atoms with Crippen molar-refractivity contribution in [1.29, 1.82) is 0 Å². The summed E-state index contributed by atoms with van der Waals surface area (Å²) in [6, 6.07) is 7.07. The summed E-state index contributed by atoms with van der Waals surface area (Å²) in [7, 11) is 5.63. The number of carbonyl (C=O) groups excluding carboxylic acids is 1. The molecular weight excluding hydrogens is 470 g/mol. The monoisotopic (exact) mass is 505 g/mol. The third-order valence-electron chi connectivity index (χ3n) is 7.40. The fraction of sp³-hybridized carbons (Fsp3) is 0.500. The Labute approximate surface area is 216 Å². The fourth-order valence-electron chi connectivity index (χ4n) is 5.51. The molecule has 0 unspecified atom stereocenters. The Morgan fingerprint density at radius 1 is 1.08 bits per heavy atom. The summed E-state index contributed by atoms with van der Waals surface area (Å²) in [5, 5.41) is 7.46. The van der Waals surface area contributed by atoms with Crippen LogP contribution in [0.25, 0.3) is 11.0 Å². The van der Waals surface area contributed by atoms with E-state index in [1.54, 1.807) is 19.2 Å². The van der Waals surface area contributed by atoms with E-state index in [2.05, 4.69) is 15.5 Å². The molecule has 0 bridgehead atoms. The maximum atomic E-state index is 12.9. The number of amides is 1. The van der Waals surface area contributed by atoms with Gasteiger partial charge in [-0.1, -0.05) is 0 Å². The normalized spacial score (nSPS) is 19.2. The zero-order valence-electron chi connectivity index (χ0n) is 21.8. The van der Waals surface area contributed by atoms with Crippen LogP contribution in [0.5, 0.6) is 5.75 Å². The number of nitrogens with one attached hydrogen (secondary N) is 2. The summed E-state index contributed by atoms with van der Waals surface area (Å²) in [6.45, 7) is 0. The highest BCUT2D eigenvalue weighted by Gasteiger charge is 2.25. The number of nitrogens with zero attached hydrogens (tertiary/aromatic N) is 3. The summed E-state index contributed by atoms with van der Waals surface area (Å²) in [6.07, 6.45) is 8.18. The average molecular weight is 506 g/mol. The maximum Gasteiger partial charge on any atom is 0.336 e. The Hall–Kier alpha value is -3.62. The first kappa shape index (κ1) is 25.0. The molecule has 9 heteroatoms. The molecule has 0 atom stereocenters. The van der Waals surface area contributed by atoms with Gasteiger partial charge in [-0.3, -0.25) is 4.79 Å². The predicted octanol–water partition coefficient (Wildman–Crippen LogP) is 3.62. The van der Waals surface area contributed by atoms with Gasteiger partial charge in [0.1, 0.15) is 17.2 Å². The maximum absolute atomic E-state index is 12.9. The van der Waals surface area contributed by atoms with Crippen molar-refractivity contribution < 1.29 is 13.9 Å². The largest absolute Gasteiger partial charge is 0.497 e. The number of ether oxygens (including phenoxy) is 1. The van der Waals surface area contributed by atoms with Crippen molar-refractivity contribution in [3.05, 3.63) is 51.5 Å². The standard InChI is InChI=1S/C28H35N5O4/c1-33(2)27-22-6-4-5-7-23(22)31-28(32-27)30-19-10-8-18(9-11-19)29-25(34)14-17-15-26(35)37-24-16-20(36-3)12-13-21(17)24/h12-13,15-16,18-19H,4-11,14H2,1-3H3,(H,29,34)(H,30,31,32)/t18-,19+. The van der Waals surface area contributed by atoms with Crippen LogP contribution in [0.1, 0.15) is 55.3 Å². The molecule has 9 nitrogen and oxygen atoms in total. The van der Waals surface area contributed by atoms with Gasteiger partial charge in [-0.2, -0.15) is 4.98 Å². The molecule has 37 heavy (non-hydrogen) atoms. The van der Waals surface area contributed by atoms with Crippen LogP contribution in [0.4, 0.5) is 11.8 Å². The Kier molecular flexibility index (Phi) is 7.30. The van der Waals surface area contributed by atoms with Gasteiger partial charge in [0.2, 0.25) is 11.9 Å². The summed E-state index contributed by atoms with van der Waals surface area (Å²) < 4.78 is 10.5. The lowest BCUT2D eigenvalue weighted by Crippen LogP contribution is -2.41. The van der Waals surface area contributed by atoms with Crippen molar-refractivity contribution in [2.45, 2.75) is 69.9 Å². The van der Waals surface area contributed by atoms with Gasteiger partial charge < -0.3 is 24.7 Å². The van der Waals surface area contributed by atoms with Gasteiger partial charge in [0, 0.05) is 49.3 Å². The minimum absolute atomic E-state index is 0.0900. The second kappa shape index (κ2) is 10.8. The molecule has 2 N–H and O–H groups in total. The number of carbonyl (C=O) groups is 1. The van der Waals surface area contributed by atoms with Gasteiger partial charge in [0.05, 0.1) is 19.2 Å². The highest BCUT2D eigenvalue weighted by Crippen LogP contribution is 2.29. The van der Waals surface area contributed by atoms with Crippen molar-refractivity contribution in [3.8, 4) is 5.75 Å². The zero-order chi connectivity index (χ0) is 25.9. The number of rotatable bonds is 7. The van der Waals surface area contributed by atoms with Crippen molar-refractivity contribution in [3.63, 3.8) is 0 Å². The van der Waals surface area contributed by atoms with Crippen LogP contribution in [-0.4, -0.2) is 49.2 Å². The number of methoxy groups -OCH3 is 1. The van der Waals surface area contributed by atoms with Crippen LogP contribution in [0.2, 0.25) is 0 Å². The molecule has 196 valence electrons. The number of hydrogen-bond donors (Lipinski definition) is 2. The van der Waals surface area contributed by atoms with Gasteiger partial charge in [0.25, 0.3) is 0 Å². The van der Waals surface area contributed by atoms with E-state index in [4.69, 9.17) is 19.1 Å². The van der Waals surface area contributed by atoms with E-state index in [0.717, 1.165) is 49.7 Å². The van der Waals surface area contributed by atoms with Crippen LogP contribution >= 0.6 is 0 Å². The highest BCUT2D eigenvalue weighted by atomic mass is 16.5. The molecule has 0 spiro atoms. The summed E-state index contributed by atoms with van der Waals surface area (Å²) >= 11 is 0. The van der Waals surface area contributed by atoms with Gasteiger partial charge in [0.15, 0.2) is 0 Å². The van der Waals surface area contributed by atoms with Crippen LogP contribution in [-0.2, 0) is 24.1 Å². The van der Waals surface area contributed by atoms with Crippen LogP contribution < -0.4 is 25.9 Å². The third-order valence-corrected chi connectivity index (χ3v) is 7.40. The Bertz CT molecular complexity index is 1340. The van der Waals surface area contributed by atoms with Crippen LogP contribution in [0.3, 0.4) is 0 Å². The Morgan fingerprint density at radius 3 is 2.59 bits per heavy atom. The smallest absolute Gasteiger partial charge is 0.336 e. The molecule has 2 heterocycles. The molecule has 1 aromatic carbocycles. The van der Waals surface area contributed by atoms with Crippen molar-refractivity contribution in [2.24, 2.45) is 0 Å². The minimum Gasteiger partial charge on any atom is -0.497 e. The lowest BCUT2D eigenvalue weighted by atomic mass is 9.91. The van der Waals surface area contributed by atoms with E-state index in [9.17, 15) is 9.59 Å². The first-order valence-corrected chi connectivity index (χ1v) is 13.1. The number of benzene rings is 1. The number of aromatic nitrogens is 2. The van der Waals surface area contributed by atoms with Crippen molar-refractivity contribution >= 4 is 28.6 Å². The van der Waals surface area contributed by atoms with E-state index in [-0.39, 0.29) is 24.4 Å². The minimum atomic E-state index is -0.475. The molecule has 1 amide bonds. The Morgan fingerprint density at radius 2 is 1.84 bits per heavy atom.